The first kappa shape index (κ1) is 15.0. The predicted octanol–water partition coefficient (Wildman–Crippen LogP) is 1.39. The molecule has 0 atom stereocenters. The lowest BCUT2D eigenvalue weighted by Gasteiger charge is -2.04. The summed E-state index contributed by atoms with van der Waals surface area (Å²) in [5.74, 6) is 2.21. The Morgan fingerprint density at radius 3 is 2.94 bits per heavy atom. The van der Waals surface area contributed by atoms with Crippen molar-refractivity contribution in [2.45, 2.75) is 26.7 Å². The Kier molecular flexibility index (Phi) is 6.82. The van der Waals surface area contributed by atoms with Gasteiger partial charge in [-0.3, -0.25) is 4.79 Å². The fourth-order valence-electron chi connectivity index (χ4n) is 1.54. The minimum atomic E-state index is -0.117. The van der Waals surface area contributed by atoms with Crippen molar-refractivity contribution in [1.82, 2.24) is 10.5 Å². The summed E-state index contributed by atoms with van der Waals surface area (Å²) >= 11 is 1.72. The Morgan fingerprint density at radius 1 is 1.50 bits per heavy atom. The summed E-state index contributed by atoms with van der Waals surface area (Å²) in [4.78, 5) is 11.9. The number of carbonyl (C=O) groups is 1. The Labute approximate surface area is 111 Å². The molecule has 1 aromatic heterocycles. The van der Waals surface area contributed by atoms with Gasteiger partial charge in [-0.2, -0.15) is 11.8 Å². The third kappa shape index (κ3) is 4.34. The number of rotatable bonds is 8. The SMILES string of the molecule is CCc1noc(C)c1C(=O)NCCSCCCO. The number of aliphatic hydroxyl groups excluding tert-OH is 1. The zero-order chi connectivity index (χ0) is 13.4. The summed E-state index contributed by atoms with van der Waals surface area (Å²) in [5, 5.41) is 15.3. The van der Waals surface area contributed by atoms with Gasteiger partial charge in [0.2, 0.25) is 0 Å². The van der Waals surface area contributed by atoms with Crippen molar-refractivity contribution in [3.63, 3.8) is 0 Å². The summed E-state index contributed by atoms with van der Waals surface area (Å²) in [6.07, 6.45) is 1.48. The van der Waals surface area contributed by atoms with Crippen molar-refractivity contribution < 1.29 is 14.4 Å². The monoisotopic (exact) mass is 272 g/mol. The average Bonchev–Trinajstić information content (AvgIpc) is 2.74. The minimum absolute atomic E-state index is 0.117. The highest BCUT2D eigenvalue weighted by Gasteiger charge is 2.18. The molecule has 0 saturated carbocycles. The highest BCUT2D eigenvalue weighted by molar-refractivity contribution is 7.99. The van der Waals surface area contributed by atoms with Gasteiger partial charge in [0.05, 0.1) is 5.69 Å². The van der Waals surface area contributed by atoms with Crippen LogP contribution in [0.15, 0.2) is 4.52 Å². The van der Waals surface area contributed by atoms with Crippen LogP contribution in [0.5, 0.6) is 0 Å². The van der Waals surface area contributed by atoms with Crippen LogP contribution in [-0.4, -0.2) is 40.8 Å². The van der Waals surface area contributed by atoms with Gasteiger partial charge in [-0.15, -0.1) is 0 Å². The van der Waals surface area contributed by atoms with E-state index in [1.807, 2.05) is 6.92 Å². The number of hydrogen-bond donors (Lipinski definition) is 2. The molecule has 1 aromatic rings. The van der Waals surface area contributed by atoms with E-state index in [1.54, 1.807) is 18.7 Å². The summed E-state index contributed by atoms with van der Waals surface area (Å²) in [6, 6.07) is 0. The number of aromatic nitrogens is 1. The van der Waals surface area contributed by atoms with Gasteiger partial charge in [0, 0.05) is 18.9 Å². The van der Waals surface area contributed by atoms with E-state index < -0.39 is 0 Å². The molecule has 18 heavy (non-hydrogen) atoms. The van der Waals surface area contributed by atoms with Gasteiger partial charge in [0.15, 0.2) is 0 Å². The highest BCUT2D eigenvalue weighted by atomic mass is 32.2. The molecular formula is C12H20N2O3S. The van der Waals surface area contributed by atoms with E-state index in [4.69, 9.17) is 9.63 Å². The molecule has 0 bridgehead atoms. The van der Waals surface area contributed by atoms with E-state index >= 15 is 0 Å². The number of nitrogens with zero attached hydrogens (tertiary/aromatic N) is 1. The molecule has 0 radical (unpaired) electrons. The second kappa shape index (κ2) is 8.16. The van der Waals surface area contributed by atoms with Gasteiger partial charge in [-0.1, -0.05) is 12.1 Å². The number of amides is 1. The fraction of sp³-hybridized carbons (Fsp3) is 0.667. The third-order valence-electron chi connectivity index (χ3n) is 2.47. The largest absolute Gasteiger partial charge is 0.396 e. The first-order valence-electron chi connectivity index (χ1n) is 6.12. The second-order valence-electron chi connectivity index (χ2n) is 3.86. The topological polar surface area (TPSA) is 75.4 Å². The van der Waals surface area contributed by atoms with Crippen molar-refractivity contribution in [1.29, 1.82) is 0 Å². The first-order chi connectivity index (χ1) is 8.70. The number of hydrogen-bond acceptors (Lipinski definition) is 5. The van der Waals surface area contributed by atoms with Gasteiger partial charge in [0.1, 0.15) is 11.3 Å². The maximum absolute atomic E-state index is 11.9. The van der Waals surface area contributed by atoms with E-state index in [0.29, 0.717) is 30.0 Å². The molecule has 0 fully saturated rings. The maximum atomic E-state index is 11.9. The van der Waals surface area contributed by atoms with Crippen LogP contribution in [0.4, 0.5) is 0 Å². The van der Waals surface area contributed by atoms with Crippen LogP contribution < -0.4 is 5.32 Å². The van der Waals surface area contributed by atoms with Crippen LogP contribution in [0.25, 0.3) is 0 Å². The van der Waals surface area contributed by atoms with E-state index in [2.05, 4.69) is 10.5 Å². The number of carbonyl (C=O) groups excluding carboxylic acids is 1. The van der Waals surface area contributed by atoms with Crippen molar-refractivity contribution in [3.8, 4) is 0 Å². The Balaban J connectivity index is 2.34. The molecule has 102 valence electrons. The van der Waals surface area contributed by atoms with Crippen molar-refractivity contribution in [2.75, 3.05) is 24.7 Å². The number of thioether (sulfide) groups is 1. The molecule has 0 aliphatic rings. The van der Waals surface area contributed by atoms with Crippen LogP contribution in [0.2, 0.25) is 0 Å². The van der Waals surface area contributed by atoms with Gasteiger partial charge in [-0.25, -0.2) is 0 Å². The minimum Gasteiger partial charge on any atom is -0.396 e. The molecule has 6 heteroatoms. The Hall–Kier alpha value is -1.01. The van der Waals surface area contributed by atoms with Crippen LogP contribution in [0.3, 0.4) is 0 Å². The van der Waals surface area contributed by atoms with Crippen molar-refractivity contribution in [3.05, 3.63) is 17.0 Å². The Bertz CT molecular complexity index is 379. The molecule has 0 aliphatic heterocycles. The molecule has 5 nitrogen and oxygen atoms in total. The smallest absolute Gasteiger partial charge is 0.256 e. The van der Waals surface area contributed by atoms with Crippen LogP contribution in [0.1, 0.15) is 35.2 Å². The fourth-order valence-corrected chi connectivity index (χ4v) is 2.33. The third-order valence-corrected chi connectivity index (χ3v) is 3.54. The molecular weight excluding hydrogens is 252 g/mol. The second-order valence-corrected chi connectivity index (χ2v) is 5.08. The van der Waals surface area contributed by atoms with E-state index in [-0.39, 0.29) is 12.5 Å². The molecule has 1 rings (SSSR count). The summed E-state index contributed by atoms with van der Waals surface area (Å²) in [5.41, 5.74) is 1.27. The standard InChI is InChI=1S/C12H20N2O3S/c1-3-10-11(9(2)17-14-10)12(16)13-5-8-18-7-4-6-15/h15H,3-8H2,1-2H3,(H,13,16). The number of aryl methyl sites for hydroxylation is 2. The van der Waals surface area contributed by atoms with E-state index in [1.165, 1.54) is 0 Å². The van der Waals surface area contributed by atoms with Gasteiger partial charge in [0.25, 0.3) is 5.91 Å². The lowest BCUT2D eigenvalue weighted by molar-refractivity contribution is 0.0954. The summed E-state index contributed by atoms with van der Waals surface area (Å²) in [7, 11) is 0. The Morgan fingerprint density at radius 2 is 2.28 bits per heavy atom. The van der Waals surface area contributed by atoms with E-state index in [0.717, 1.165) is 17.9 Å². The zero-order valence-electron chi connectivity index (χ0n) is 10.9. The summed E-state index contributed by atoms with van der Waals surface area (Å²) < 4.78 is 5.02. The van der Waals surface area contributed by atoms with Crippen molar-refractivity contribution >= 4 is 17.7 Å². The highest BCUT2D eigenvalue weighted by Crippen LogP contribution is 2.13. The zero-order valence-corrected chi connectivity index (χ0v) is 11.7. The molecule has 2 N–H and O–H groups in total. The molecule has 1 heterocycles. The molecule has 0 saturated heterocycles. The lowest BCUT2D eigenvalue weighted by Crippen LogP contribution is -2.27. The molecule has 1 amide bonds. The normalized spacial score (nSPS) is 10.6. The molecule has 0 unspecified atom stereocenters. The maximum Gasteiger partial charge on any atom is 0.256 e. The first-order valence-corrected chi connectivity index (χ1v) is 7.28. The molecule has 0 aromatic carbocycles. The number of aliphatic hydroxyl groups is 1. The van der Waals surface area contributed by atoms with Crippen LogP contribution >= 0.6 is 11.8 Å². The summed E-state index contributed by atoms with van der Waals surface area (Å²) in [6.45, 7) is 4.53. The van der Waals surface area contributed by atoms with Crippen LogP contribution in [0, 0.1) is 6.92 Å². The number of nitrogens with one attached hydrogen (secondary N) is 1. The predicted molar refractivity (Wildman–Crippen MR) is 72.0 cm³/mol. The average molecular weight is 272 g/mol. The van der Waals surface area contributed by atoms with E-state index in [9.17, 15) is 4.79 Å². The van der Waals surface area contributed by atoms with Crippen molar-refractivity contribution in [2.24, 2.45) is 0 Å². The van der Waals surface area contributed by atoms with Gasteiger partial charge >= 0.3 is 0 Å². The lowest BCUT2D eigenvalue weighted by atomic mass is 10.1. The molecule has 0 aliphatic carbocycles. The quantitative estimate of drug-likeness (QED) is 0.699. The van der Waals surface area contributed by atoms with Gasteiger partial charge < -0.3 is 14.9 Å². The van der Waals surface area contributed by atoms with Gasteiger partial charge in [-0.05, 0) is 25.5 Å². The molecule has 0 spiro atoms. The van der Waals surface area contributed by atoms with Crippen LogP contribution in [-0.2, 0) is 6.42 Å².